The third-order valence-electron chi connectivity index (χ3n) is 5.47. The molecule has 0 heterocycles. The van der Waals surface area contributed by atoms with Crippen LogP contribution in [0.5, 0.6) is 0 Å². The predicted octanol–water partition coefficient (Wildman–Crippen LogP) is 8.03. The summed E-state index contributed by atoms with van der Waals surface area (Å²) in [5.41, 5.74) is 1.82. The summed E-state index contributed by atoms with van der Waals surface area (Å²) in [5, 5.41) is 6.45. The van der Waals surface area contributed by atoms with Crippen LogP contribution in [-0.4, -0.2) is 23.4 Å². The Bertz CT molecular complexity index is 1540. The van der Waals surface area contributed by atoms with Gasteiger partial charge in [0.05, 0.1) is 20.8 Å². The average molecular weight is 596 g/mol. The minimum absolute atomic E-state index is 0.0168. The number of anilines is 1. The van der Waals surface area contributed by atoms with Gasteiger partial charge in [-0.25, -0.2) is 0 Å². The maximum absolute atomic E-state index is 13.2. The second kappa shape index (κ2) is 13.5. The van der Waals surface area contributed by atoms with E-state index in [0.29, 0.717) is 32.4 Å². The Hall–Kier alpha value is -3.55. The summed E-state index contributed by atoms with van der Waals surface area (Å²) < 4.78 is 0. The van der Waals surface area contributed by atoms with Crippen LogP contribution in [0.4, 0.5) is 5.69 Å². The molecule has 5 nitrogen and oxygen atoms in total. The van der Waals surface area contributed by atoms with Gasteiger partial charge in [0, 0.05) is 21.7 Å². The van der Waals surface area contributed by atoms with Crippen LogP contribution >= 0.6 is 46.6 Å². The number of thioether (sulfide) groups is 1. The molecule has 4 aromatic rings. The molecule has 0 bridgehead atoms. The van der Waals surface area contributed by atoms with Crippen molar-refractivity contribution in [2.75, 3.05) is 11.1 Å². The highest BCUT2D eigenvalue weighted by molar-refractivity contribution is 8.00. The molecule has 0 atom stereocenters. The van der Waals surface area contributed by atoms with Gasteiger partial charge in [-0.15, -0.1) is 11.8 Å². The number of nitrogens with one attached hydrogen (secondary N) is 2. The number of hydrogen-bond acceptors (Lipinski definition) is 4. The van der Waals surface area contributed by atoms with E-state index < -0.39 is 11.8 Å². The van der Waals surface area contributed by atoms with Crippen molar-refractivity contribution in [1.82, 2.24) is 5.32 Å². The smallest absolute Gasteiger partial charge is 0.272 e. The lowest BCUT2D eigenvalue weighted by atomic mass is 10.1. The zero-order chi connectivity index (χ0) is 27.8. The molecule has 0 aromatic heterocycles. The number of amides is 2. The van der Waals surface area contributed by atoms with E-state index in [-0.39, 0.29) is 22.3 Å². The maximum Gasteiger partial charge on any atom is 0.272 e. The Labute approximate surface area is 245 Å². The molecule has 0 aliphatic carbocycles. The highest BCUT2D eigenvalue weighted by Crippen LogP contribution is 2.28. The minimum atomic E-state index is -0.551. The first-order valence-electron chi connectivity index (χ1n) is 11.7. The fourth-order valence-corrected chi connectivity index (χ4v) is 4.86. The van der Waals surface area contributed by atoms with Crippen molar-refractivity contribution in [1.29, 1.82) is 0 Å². The molecule has 4 aromatic carbocycles. The van der Waals surface area contributed by atoms with Gasteiger partial charge in [0.2, 0.25) is 0 Å². The van der Waals surface area contributed by atoms with E-state index in [1.54, 1.807) is 97.1 Å². The lowest BCUT2D eigenvalue weighted by Gasteiger charge is -2.12. The highest BCUT2D eigenvalue weighted by Gasteiger charge is 2.17. The summed E-state index contributed by atoms with van der Waals surface area (Å²) in [6.07, 6.45) is 1.47. The maximum atomic E-state index is 13.2. The Morgan fingerprint density at radius 1 is 0.744 bits per heavy atom. The standard InChI is InChI=1S/C30H21Cl3N2O3S/c31-24-11-5-4-10-23(24)27(36)18-39-22-15-13-21(14-16-22)34-30(38)26(17-20-9-6-12-25(32)28(20)33)35-29(37)19-7-2-1-3-8-19/h1-17H,18H2,(H,34,38)(H,35,37)/b26-17-. The first-order chi connectivity index (χ1) is 18.8. The van der Waals surface area contributed by atoms with E-state index >= 15 is 0 Å². The van der Waals surface area contributed by atoms with E-state index in [9.17, 15) is 14.4 Å². The van der Waals surface area contributed by atoms with E-state index in [1.165, 1.54) is 17.8 Å². The summed E-state index contributed by atoms with van der Waals surface area (Å²) in [6, 6.07) is 27.5. The number of ketones is 1. The molecule has 2 N–H and O–H groups in total. The van der Waals surface area contributed by atoms with Crippen molar-refractivity contribution in [3.8, 4) is 0 Å². The lowest BCUT2D eigenvalue weighted by Crippen LogP contribution is -2.30. The summed E-state index contributed by atoms with van der Waals surface area (Å²) >= 11 is 19.9. The molecular weight excluding hydrogens is 575 g/mol. The third-order valence-corrected chi connectivity index (χ3v) is 7.64. The van der Waals surface area contributed by atoms with Crippen LogP contribution in [0.25, 0.3) is 6.08 Å². The van der Waals surface area contributed by atoms with Crippen molar-refractivity contribution < 1.29 is 14.4 Å². The van der Waals surface area contributed by atoms with Crippen molar-refractivity contribution in [2.45, 2.75) is 4.90 Å². The van der Waals surface area contributed by atoms with E-state index in [2.05, 4.69) is 10.6 Å². The number of carbonyl (C=O) groups is 3. The lowest BCUT2D eigenvalue weighted by molar-refractivity contribution is -0.113. The molecule has 0 saturated heterocycles. The number of benzene rings is 4. The Morgan fingerprint density at radius 2 is 1.41 bits per heavy atom. The average Bonchev–Trinajstić information content (AvgIpc) is 2.95. The van der Waals surface area contributed by atoms with Crippen LogP contribution in [0.2, 0.25) is 15.1 Å². The van der Waals surface area contributed by atoms with Crippen LogP contribution in [0.15, 0.2) is 108 Å². The van der Waals surface area contributed by atoms with Crippen molar-refractivity contribution in [3.05, 3.63) is 135 Å². The normalized spacial score (nSPS) is 11.1. The van der Waals surface area contributed by atoms with Crippen LogP contribution < -0.4 is 10.6 Å². The number of hydrogen-bond donors (Lipinski definition) is 2. The quantitative estimate of drug-likeness (QED) is 0.117. The molecular formula is C30H21Cl3N2O3S. The second-order valence-corrected chi connectivity index (χ2v) is 10.4. The van der Waals surface area contributed by atoms with Crippen molar-refractivity contribution >= 4 is 75.9 Å². The monoisotopic (exact) mass is 594 g/mol. The zero-order valence-electron chi connectivity index (χ0n) is 20.3. The molecule has 0 radical (unpaired) electrons. The molecule has 39 heavy (non-hydrogen) atoms. The predicted molar refractivity (Wildman–Crippen MR) is 160 cm³/mol. The van der Waals surface area contributed by atoms with Gasteiger partial charge in [-0.2, -0.15) is 0 Å². The molecule has 0 aliphatic rings. The SMILES string of the molecule is O=C(Nc1ccc(SCC(=O)c2ccccc2Cl)cc1)/C(=C/c1cccc(Cl)c1Cl)NC(=O)c1ccccc1. The van der Waals surface area contributed by atoms with Crippen LogP contribution in [0.3, 0.4) is 0 Å². The van der Waals surface area contributed by atoms with E-state index in [4.69, 9.17) is 34.8 Å². The van der Waals surface area contributed by atoms with Crippen LogP contribution in [0, 0.1) is 0 Å². The fraction of sp³-hybridized carbons (Fsp3) is 0.0333. The molecule has 0 saturated carbocycles. The van der Waals surface area contributed by atoms with E-state index in [1.807, 2.05) is 0 Å². The Morgan fingerprint density at radius 3 is 2.13 bits per heavy atom. The molecule has 196 valence electrons. The number of rotatable bonds is 9. The molecule has 4 rings (SSSR count). The van der Waals surface area contributed by atoms with Gasteiger partial charge in [-0.1, -0.05) is 77.3 Å². The van der Waals surface area contributed by atoms with Crippen LogP contribution in [-0.2, 0) is 4.79 Å². The fourth-order valence-electron chi connectivity index (χ4n) is 3.48. The Kier molecular flexibility index (Phi) is 9.85. The summed E-state index contributed by atoms with van der Waals surface area (Å²) in [4.78, 5) is 39.4. The first kappa shape index (κ1) is 28.5. The van der Waals surface area contributed by atoms with Crippen molar-refractivity contribution in [2.24, 2.45) is 0 Å². The molecule has 0 unspecified atom stereocenters. The van der Waals surface area contributed by atoms with Crippen molar-refractivity contribution in [3.63, 3.8) is 0 Å². The largest absolute Gasteiger partial charge is 0.321 e. The zero-order valence-corrected chi connectivity index (χ0v) is 23.4. The third kappa shape index (κ3) is 7.74. The highest BCUT2D eigenvalue weighted by atomic mass is 35.5. The molecule has 9 heteroatoms. The van der Waals surface area contributed by atoms with Gasteiger partial charge in [-0.05, 0) is 66.2 Å². The molecule has 0 aliphatic heterocycles. The minimum Gasteiger partial charge on any atom is -0.321 e. The summed E-state index contributed by atoms with van der Waals surface area (Å²) in [7, 11) is 0. The van der Waals surface area contributed by atoms with Gasteiger partial charge in [0.1, 0.15) is 5.70 Å². The molecule has 0 spiro atoms. The molecule has 0 fully saturated rings. The van der Waals surface area contributed by atoms with Gasteiger partial charge in [-0.3, -0.25) is 14.4 Å². The number of halogens is 3. The van der Waals surface area contributed by atoms with Gasteiger partial charge >= 0.3 is 0 Å². The van der Waals surface area contributed by atoms with Gasteiger partial charge in [0.25, 0.3) is 11.8 Å². The topological polar surface area (TPSA) is 75.3 Å². The number of Topliss-reactive ketones (excluding diaryl/α,β-unsaturated/α-hetero) is 1. The van der Waals surface area contributed by atoms with Gasteiger partial charge < -0.3 is 10.6 Å². The van der Waals surface area contributed by atoms with Gasteiger partial charge in [0.15, 0.2) is 5.78 Å². The van der Waals surface area contributed by atoms with Crippen LogP contribution in [0.1, 0.15) is 26.3 Å². The second-order valence-electron chi connectivity index (χ2n) is 8.19. The first-order valence-corrected chi connectivity index (χ1v) is 13.8. The summed E-state index contributed by atoms with van der Waals surface area (Å²) in [5.74, 6) is -0.866. The van der Waals surface area contributed by atoms with E-state index in [0.717, 1.165) is 4.90 Å². The molecule has 2 amide bonds. The summed E-state index contributed by atoms with van der Waals surface area (Å²) in [6.45, 7) is 0. The Balaban J connectivity index is 1.48. The number of carbonyl (C=O) groups excluding carboxylic acids is 3.